The van der Waals surface area contributed by atoms with Crippen LogP contribution in [-0.4, -0.2) is 38.3 Å². The van der Waals surface area contributed by atoms with E-state index in [4.69, 9.17) is 4.52 Å². The lowest BCUT2D eigenvalue weighted by Crippen LogP contribution is -2.34. The van der Waals surface area contributed by atoms with Gasteiger partial charge in [0, 0.05) is 30.5 Å². The molecule has 1 saturated heterocycles. The summed E-state index contributed by atoms with van der Waals surface area (Å²) in [5.41, 5.74) is 6.14. The maximum atomic E-state index is 5.42. The first-order valence-corrected chi connectivity index (χ1v) is 8.80. The summed E-state index contributed by atoms with van der Waals surface area (Å²) in [6.45, 7) is 4.99. The SMILES string of the molecule is Cc1cc(-c2cn[nH]c2C2CCCN(Cc3cscn3)C2)on1. The Balaban J connectivity index is 1.53. The van der Waals surface area contributed by atoms with Crippen LogP contribution in [0.2, 0.25) is 0 Å². The molecule has 0 spiro atoms. The van der Waals surface area contributed by atoms with Gasteiger partial charge in [-0.1, -0.05) is 5.16 Å². The van der Waals surface area contributed by atoms with Crippen LogP contribution < -0.4 is 0 Å². The summed E-state index contributed by atoms with van der Waals surface area (Å²) in [6, 6.07) is 1.96. The van der Waals surface area contributed by atoms with Crippen molar-refractivity contribution in [3.63, 3.8) is 0 Å². The second-order valence-electron chi connectivity index (χ2n) is 6.08. The molecule has 4 rings (SSSR count). The van der Waals surface area contributed by atoms with Crippen molar-refractivity contribution in [3.05, 3.63) is 40.2 Å². The number of hydrogen-bond donors (Lipinski definition) is 1. The lowest BCUT2D eigenvalue weighted by Gasteiger charge is -2.32. The number of piperidine rings is 1. The Morgan fingerprint density at radius 1 is 1.48 bits per heavy atom. The molecule has 0 bridgehead atoms. The van der Waals surface area contributed by atoms with Gasteiger partial charge in [0.2, 0.25) is 0 Å². The smallest absolute Gasteiger partial charge is 0.170 e. The molecule has 1 fully saturated rings. The second kappa shape index (κ2) is 6.25. The molecular weight excluding hydrogens is 310 g/mol. The lowest BCUT2D eigenvalue weighted by atomic mass is 9.92. The van der Waals surface area contributed by atoms with Crippen LogP contribution in [-0.2, 0) is 6.54 Å². The van der Waals surface area contributed by atoms with E-state index in [1.807, 2.05) is 24.7 Å². The number of likely N-dealkylation sites (tertiary alicyclic amines) is 1. The normalized spacial score (nSPS) is 19.3. The van der Waals surface area contributed by atoms with Gasteiger partial charge in [0.05, 0.1) is 34.4 Å². The van der Waals surface area contributed by atoms with Crippen LogP contribution in [0.3, 0.4) is 0 Å². The molecule has 3 aromatic heterocycles. The van der Waals surface area contributed by atoms with Crippen LogP contribution in [0.4, 0.5) is 0 Å². The second-order valence-corrected chi connectivity index (χ2v) is 6.80. The fourth-order valence-electron chi connectivity index (χ4n) is 3.27. The number of H-pyrrole nitrogens is 1. The number of nitrogens with zero attached hydrogens (tertiary/aromatic N) is 4. The molecule has 1 unspecified atom stereocenters. The highest BCUT2D eigenvalue weighted by molar-refractivity contribution is 7.07. The summed E-state index contributed by atoms with van der Waals surface area (Å²) < 4.78 is 5.42. The van der Waals surface area contributed by atoms with Crippen molar-refractivity contribution in [2.24, 2.45) is 0 Å². The van der Waals surface area contributed by atoms with Gasteiger partial charge in [-0.25, -0.2) is 4.98 Å². The first kappa shape index (κ1) is 14.6. The van der Waals surface area contributed by atoms with E-state index in [2.05, 4.69) is 30.6 Å². The van der Waals surface area contributed by atoms with Gasteiger partial charge in [0.1, 0.15) is 0 Å². The number of thiazole rings is 1. The maximum Gasteiger partial charge on any atom is 0.170 e. The first-order valence-electron chi connectivity index (χ1n) is 7.86. The number of rotatable bonds is 4. The highest BCUT2D eigenvalue weighted by Gasteiger charge is 2.26. The average molecular weight is 329 g/mol. The van der Waals surface area contributed by atoms with Crippen LogP contribution in [0, 0.1) is 6.92 Å². The number of nitrogens with one attached hydrogen (secondary N) is 1. The molecule has 0 saturated carbocycles. The Morgan fingerprint density at radius 3 is 3.22 bits per heavy atom. The minimum atomic E-state index is 0.435. The lowest BCUT2D eigenvalue weighted by molar-refractivity contribution is 0.197. The minimum Gasteiger partial charge on any atom is -0.356 e. The fourth-order valence-corrected chi connectivity index (χ4v) is 3.82. The van der Waals surface area contributed by atoms with E-state index in [1.54, 1.807) is 11.3 Å². The molecule has 0 radical (unpaired) electrons. The van der Waals surface area contributed by atoms with Gasteiger partial charge in [-0.15, -0.1) is 11.3 Å². The molecule has 1 atom stereocenters. The Labute approximate surface area is 138 Å². The van der Waals surface area contributed by atoms with Gasteiger partial charge in [0.15, 0.2) is 5.76 Å². The minimum absolute atomic E-state index is 0.435. The molecule has 23 heavy (non-hydrogen) atoms. The van der Waals surface area contributed by atoms with Gasteiger partial charge >= 0.3 is 0 Å². The van der Waals surface area contributed by atoms with Crippen LogP contribution in [0.25, 0.3) is 11.3 Å². The van der Waals surface area contributed by atoms with Crippen LogP contribution in [0.5, 0.6) is 0 Å². The van der Waals surface area contributed by atoms with Crippen LogP contribution in [0.1, 0.15) is 35.8 Å². The zero-order valence-electron chi connectivity index (χ0n) is 13.0. The van der Waals surface area contributed by atoms with Crippen molar-refractivity contribution in [2.75, 3.05) is 13.1 Å². The topological polar surface area (TPSA) is 70.8 Å². The molecule has 1 aliphatic rings. The van der Waals surface area contributed by atoms with Crippen molar-refractivity contribution >= 4 is 11.3 Å². The molecule has 0 aromatic carbocycles. The summed E-state index contributed by atoms with van der Waals surface area (Å²) in [5.74, 6) is 1.23. The standard InChI is InChI=1S/C16H19N5OS/c1-11-5-15(22-20-11)14-6-18-19-16(14)12-3-2-4-21(7-12)8-13-9-23-10-17-13/h5-6,9-10,12H,2-4,7-8H2,1H3,(H,18,19). The third kappa shape index (κ3) is 3.07. The molecule has 1 N–H and O–H groups in total. The molecule has 3 aromatic rings. The number of hydrogen-bond acceptors (Lipinski definition) is 6. The molecule has 0 amide bonds. The van der Waals surface area contributed by atoms with Gasteiger partial charge in [-0.3, -0.25) is 10.00 Å². The molecular formula is C16H19N5OS. The average Bonchev–Trinajstić information content (AvgIpc) is 3.28. The van der Waals surface area contributed by atoms with Crippen molar-refractivity contribution < 1.29 is 4.52 Å². The number of aromatic amines is 1. The Hall–Kier alpha value is -1.99. The summed E-state index contributed by atoms with van der Waals surface area (Å²) in [5, 5.41) is 13.5. The summed E-state index contributed by atoms with van der Waals surface area (Å²) in [4.78, 5) is 6.87. The Kier molecular flexibility index (Phi) is 3.97. The zero-order chi connectivity index (χ0) is 15.6. The number of aromatic nitrogens is 4. The molecule has 120 valence electrons. The predicted molar refractivity (Wildman–Crippen MR) is 88.2 cm³/mol. The first-order chi connectivity index (χ1) is 11.3. The monoisotopic (exact) mass is 329 g/mol. The van der Waals surface area contributed by atoms with E-state index in [1.165, 1.54) is 6.42 Å². The third-order valence-corrected chi connectivity index (χ3v) is 4.98. The molecule has 1 aliphatic heterocycles. The fraction of sp³-hybridized carbons (Fsp3) is 0.438. The van der Waals surface area contributed by atoms with Gasteiger partial charge in [0.25, 0.3) is 0 Å². The van der Waals surface area contributed by atoms with Crippen molar-refractivity contribution in [3.8, 4) is 11.3 Å². The summed E-state index contributed by atoms with van der Waals surface area (Å²) >= 11 is 1.66. The quantitative estimate of drug-likeness (QED) is 0.796. The third-order valence-electron chi connectivity index (χ3n) is 4.35. The molecule has 4 heterocycles. The zero-order valence-corrected chi connectivity index (χ0v) is 13.8. The van der Waals surface area contributed by atoms with E-state index in [-0.39, 0.29) is 0 Å². The van der Waals surface area contributed by atoms with Crippen LogP contribution >= 0.6 is 11.3 Å². The van der Waals surface area contributed by atoms with Gasteiger partial charge in [-0.2, -0.15) is 5.10 Å². The number of aryl methyl sites for hydroxylation is 1. The van der Waals surface area contributed by atoms with E-state index in [0.29, 0.717) is 5.92 Å². The van der Waals surface area contributed by atoms with E-state index in [9.17, 15) is 0 Å². The van der Waals surface area contributed by atoms with Gasteiger partial charge in [-0.05, 0) is 26.3 Å². The Bertz CT molecular complexity index is 763. The highest BCUT2D eigenvalue weighted by atomic mass is 32.1. The van der Waals surface area contributed by atoms with Crippen molar-refractivity contribution in [1.29, 1.82) is 0 Å². The van der Waals surface area contributed by atoms with E-state index >= 15 is 0 Å². The summed E-state index contributed by atoms with van der Waals surface area (Å²) in [7, 11) is 0. The molecule has 6 nitrogen and oxygen atoms in total. The van der Waals surface area contributed by atoms with E-state index in [0.717, 1.165) is 54.5 Å². The largest absolute Gasteiger partial charge is 0.356 e. The maximum absolute atomic E-state index is 5.42. The highest BCUT2D eigenvalue weighted by Crippen LogP contribution is 2.33. The summed E-state index contributed by atoms with van der Waals surface area (Å²) in [6.07, 6.45) is 4.19. The van der Waals surface area contributed by atoms with Gasteiger partial charge < -0.3 is 4.52 Å². The predicted octanol–water partition coefficient (Wildman–Crippen LogP) is 3.21. The van der Waals surface area contributed by atoms with Crippen LogP contribution in [0.15, 0.2) is 27.7 Å². The molecule has 0 aliphatic carbocycles. The van der Waals surface area contributed by atoms with E-state index < -0.39 is 0 Å². The Morgan fingerprint density at radius 2 is 2.43 bits per heavy atom. The van der Waals surface area contributed by atoms with Crippen molar-refractivity contribution in [2.45, 2.75) is 32.2 Å². The van der Waals surface area contributed by atoms with Crippen molar-refractivity contribution in [1.82, 2.24) is 25.2 Å². The molecule has 7 heteroatoms.